The Kier molecular flexibility index (Phi) is 16.2. The third-order valence-corrected chi connectivity index (χ3v) is 15.7. The monoisotopic (exact) mass is 1180 g/mol. The van der Waals surface area contributed by atoms with Gasteiger partial charge in [-0.15, -0.1) is 25.2 Å². The van der Waals surface area contributed by atoms with Crippen molar-refractivity contribution in [1.82, 2.24) is 15.0 Å². The first-order valence-corrected chi connectivity index (χ1v) is 27.7. The van der Waals surface area contributed by atoms with E-state index in [2.05, 4.69) is 118 Å². The van der Waals surface area contributed by atoms with Crippen LogP contribution in [0.5, 0.6) is 11.5 Å². The third kappa shape index (κ3) is 12.7. The number of azo groups is 1. The highest BCUT2D eigenvalue weighted by Gasteiger charge is 2.49. The molecule has 2 amide bonds. The van der Waals surface area contributed by atoms with Gasteiger partial charge in [0.1, 0.15) is 44.7 Å². The number of phenols is 2. The van der Waals surface area contributed by atoms with Crippen molar-refractivity contribution in [3.05, 3.63) is 196 Å². The van der Waals surface area contributed by atoms with E-state index < -0.39 is 84.2 Å². The van der Waals surface area contributed by atoms with Crippen LogP contribution in [0.3, 0.4) is 0 Å². The van der Waals surface area contributed by atoms with E-state index in [1.807, 2.05) is 88.4 Å². The molecular weight excluding hydrogens is 1110 g/mol. The second-order valence-electron chi connectivity index (χ2n) is 26.8. The molecule has 5 aromatic carbocycles. The molecule has 0 spiro atoms. The molecule has 450 valence electrons. The first-order chi connectivity index (χ1) is 39.5. The lowest BCUT2D eigenvalue weighted by Gasteiger charge is -2.35. The Balaban J connectivity index is 0.000000227. The lowest BCUT2D eigenvalue weighted by atomic mass is 9.70. The van der Waals surface area contributed by atoms with Crippen LogP contribution in [0.25, 0.3) is 27.8 Å². The molecule has 0 unspecified atom stereocenters. The summed E-state index contributed by atoms with van der Waals surface area (Å²) in [5, 5.41) is 50.6. The summed E-state index contributed by atoms with van der Waals surface area (Å²) in [4.78, 5) is 51.4. The van der Waals surface area contributed by atoms with Crippen LogP contribution in [0.4, 0.5) is 32.0 Å². The number of hydrogen-bond donors (Lipinski definition) is 4. The van der Waals surface area contributed by atoms with Crippen molar-refractivity contribution in [2.24, 2.45) is 26.2 Å². The third-order valence-electron chi connectivity index (χ3n) is 15.7. The molecule has 6 aromatic rings. The van der Waals surface area contributed by atoms with Gasteiger partial charge in [0.25, 0.3) is 11.8 Å². The van der Waals surface area contributed by atoms with Gasteiger partial charge in [-0.05, 0) is 93.2 Å². The minimum absolute atomic E-state index is 0.0707. The van der Waals surface area contributed by atoms with Crippen molar-refractivity contribution in [3.8, 4) is 28.3 Å². The molecule has 1 aliphatic heterocycles. The zero-order valence-electron chi connectivity index (χ0n) is 50.3. The highest BCUT2D eigenvalue weighted by Crippen LogP contribution is 2.48. The number of anilines is 1. The van der Waals surface area contributed by atoms with Crippen LogP contribution in [-0.4, -0.2) is 37.0 Å². The molecule has 2 aliphatic carbocycles. The zero-order valence-corrected chi connectivity index (χ0v) is 50.3. The average molecular weight is 1180 g/mol. The molecule has 0 saturated heterocycles. The van der Waals surface area contributed by atoms with Crippen molar-refractivity contribution >= 4 is 28.5 Å². The summed E-state index contributed by atoms with van der Waals surface area (Å²) in [5.41, 5.74) is -3.88. The van der Waals surface area contributed by atoms with Gasteiger partial charge in [-0.2, -0.15) is 31.4 Å². The fourth-order valence-electron chi connectivity index (χ4n) is 11.9. The minimum atomic E-state index is -5.78. The zero-order chi connectivity index (χ0) is 63.8. The first-order valence-electron chi connectivity index (χ1n) is 27.7. The molecule has 86 heavy (non-hydrogen) atoms. The smallest absolute Gasteiger partial charge is 0.420 e. The largest absolute Gasteiger partial charge is 0.505 e. The molecule has 14 nitrogen and oxygen atoms in total. The predicted octanol–water partition coefficient (Wildman–Crippen LogP) is 14.5. The highest BCUT2D eigenvalue weighted by molar-refractivity contribution is 6.13. The van der Waals surface area contributed by atoms with Crippen molar-refractivity contribution in [3.63, 3.8) is 0 Å². The number of rotatable bonds is 11. The van der Waals surface area contributed by atoms with Crippen LogP contribution in [0.2, 0.25) is 0 Å². The Hall–Kier alpha value is -8.68. The second kappa shape index (κ2) is 22.0. The van der Waals surface area contributed by atoms with Crippen LogP contribution in [0, 0.1) is 16.2 Å². The van der Waals surface area contributed by atoms with Gasteiger partial charge < -0.3 is 10.2 Å². The van der Waals surface area contributed by atoms with E-state index in [4.69, 9.17) is 5.41 Å². The summed E-state index contributed by atoms with van der Waals surface area (Å²) in [7, 11) is 0. The lowest BCUT2D eigenvalue weighted by molar-refractivity contribution is -0.163. The maximum atomic E-state index is 13.7. The maximum absolute atomic E-state index is 13.7. The number of nitrogens with one attached hydrogen (secondary N) is 2. The number of aromatic hydroxyl groups is 2. The van der Waals surface area contributed by atoms with E-state index in [0.29, 0.717) is 34.4 Å². The number of phenolic OH excluding ortho intramolecular Hbond substituents is 2. The fraction of sp³-hybridized carbons (Fsp3) is 0.364. The number of amides is 2. The van der Waals surface area contributed by atoms with E-state index >= 15 is 0 Å². The summed E-state index contributed by atoms with van der Waals surface area (Å²) in [5.74, 6) is -1.32. The van der Waals surface area contributed by atoms with Crippen LogP contribution in [0.1, 0.15) is 175 Å². The summed E-state index contributed by atoms with van der Waals surface area (Å²) in [6.07, 6.45) is -9.90. The van der Waals surface area contributed by atoms with Crippen LogP contribution in [-0.2, 0) is 34.0 Å². The van der Waals surface area contributed by atoms with E-state index in [-0.39, 0.29) is 44.6 Å². The fourth-order valence-corrected chi connectivity index (χ4v) is 11.9. The summed E-state index contributed by atoms with van der Waals surface area (Å²) in [6.45, 7) is 29.5. The number of carbonyl (C=O) groups is 2. The molecule has 20 heteroatoms. The Morgan fingerprint density at radius 3 is 1.30 bits per heavy atom. The van der Waals surface area contributed by atoms with Gasteiger partial charge in [0.05, 0.1) is 22.2 Å². The van der Waals surface area contributed by atoms with Crippen molar-refractivity contribution in [2.45, 2.75) is 144 Å². The average Bonchev–Trinajstić information content (AvgIpc) is 0.933. The number of nitrogens with zero attached hydrogens (tertiary/aromatic N) is 6. The van der Waals surface area contributed by atoms with Gasteiger partial charge in [0, 0.05) is 33.1 Å². The number of benzene rings is 7. The number of carbonyl (C=O) groups excluding carboxylic acids is 2. The summed E-state index contributed by atoms with van der Waals surface area (Å²) < 4.78 is 81.8. The maximum Gasteiger partial charge on any atom is 0.420 e. The molecule has 4 N–H and O–H groups in total. The Labute approximate surface area is 492 Å². The molecule has 0 fully saturated rings. The van der Waals surface area contributed by atoms with E-state index in [0.717, 1.165) is 40.7 Å². The van der Waals surface area contributed by atoms with Crippen molar-refractivity contribution in [2.75, 3.05) is 5.43 Å². The predicted molar refractivity (Wildman–Crippen MR) is 317 cm³/mol. The summed E-state index contributed by atoms with van der Waals surface area (Å²) in [6, 6.07) is 31.4. The quantitative estimate of drug-likeness (QED) is 0.0550. The van der Waals surface area contributed by atoms with Gasteiger partial charge in [0.15, 0.2) is 10.9 Å². The van der Waals surface area contributed by atoms with Crippen LogP contribution < -0.4 is 27.0 Å². The van der Waals surface area contributed by atoms with Crippen molar-refractivity contribution < 1.29 is 46.1 Å². The first kappa shape index (κ1) is 63.3. The molecule has 0 radical (unpaired) electrons. The van der Waals surface area contributed by atoms with E-state index in [9.17, 15) is 55.7 Å². The molecule has 0 bridgehead atoms. The van der Waals surface area contributed by atoms with Crippen LogP contribution >= 0.6 is 0 Å². The number of fused-ring (bicyclic) bond motifs is 3. The van der Waals surface area contributed by atoms with Crippen LogP contribution in [0.15, 0.2) is 134 Å². The number of hydrogen-bond acceptors (Lipinski definition) is 11. The van der Waals surface area contributed by atoms with Gasteiger partial charge >= 0.3 is 12.4 Å². The van der Waals surface area contributed by atoms with E-state index in [1.54, 1.807) is 6.07 Å². The number of aromatic nitrogens is 3. The SMILES string of the molecule is CC(C)(C)CC(C)(C)c1cc(-n2nc3cc4c(cc3n2)C(=O)N=NC4=O)c(O)c(C(C)(C)c2ccccc2)c1.CC(C)(C)CC(C)(C)c1cc(N/N=c2/cc3c(=O)c(C(F)(F)F)c(C(F)(F)F)c(=O)c-3cc2=N)c(O)c(C(C)(C)c2ccccc2)c1. The Morgan fingerprint density at radius 2 is 0.895 bits per heavy atom. The molecular formula is C66H68F6N8O6. The van der Waals surface area contributed by atoms with Crippen molar-refractivity contribution in [1.29, 1.82) is 5.41 Å². The Morgan fingerprint density at radius 1 is 0.500 bits per heavy atom. The molecule has 0 saturated carbocycles. The number of alkyl halides is 6. The molecule has 2 heterocycles. The van der Waals surface area contributed by atoms with E-state index in [1.165, 1.54) is 16.9 Å². The molecule has 9 rings (SSSR count). The normalized spacial score (nSPS) is 14.0. The molecule has 3 aliphatic rings. The van der Waals surface area contributed by atoms with Gasteiger partial charge in [-0.25, -0.2) is 0 Å². The van der Waals surface area contributed by atoms with Gasteiger partial charge in [-0.1, -0.05) is 170 Å². The topological polar surface area (TPSA) is 212 Å². The standard InChI is InChI=1S/C35H35F6N3O3.C31H33N5O3/c1-31(2,3)17-32(4,5)19-13-22(33(6,7)18-11-9-8-10-12-18)30(47)25(14-19)44-43-24-16-21-20(15-23(24)42)28(45)26(34(36,37)38)27(29(21)46)35(39,40)41;1-29(2,3)17-30(4,5)19-13-22(31(6,7)18-11-9-8-10-12-18)26(37)25(14-19)36-34-23-15-20-21(16-24(23)35-36)28(39)33-32-27(20)38/h8-16,42,44,47H,17H2,1-7H3;8-16,37H,17H2,1-7H3/b42-23?,43-24-;. The van der Waals surface area contributed by atoms with Gasteiger partial charge in [0.2, 0.25) is 0 Å². The second-order valence-corrected chi connectivity index (χ2v) is 26.8. The molecule has 0 atom stereocenters. The molecule has 1 aromatic heterocycles. The minimum Gasteiger partial charge on any atom is -0.505 e. The lowest BCUT2D eigenvalue weighted by Crippen LogP contribution is -2.38. The number of halogens is 6. The summed E-state index contributed by atoms with van der Waals surface area (Å²) >= 11 is 0. The highest BCUT2D eigenvalue weighted by atomic mass is 19.4. The van der Waals surface area contributed by atoms with Gasteiger partial charge in [-0.3, -0.25) is 30.0 Å². The Bertz CT molecular complexity index is 4160.